The Hall–Kier alpha value is -1.35. The zero-order valence-corrected chi connectivity index (χ0v) is 11.4. The molecule has 0 saturated heterocycles. The number of carbonyl (C=O) groups excluding carboxylic acids is 1. The minimum Gasteiger partial charge on any atom is -0.496 e. The van der Waals surface area contributed by atoms with Crippen molar-refractivity contribution in [1.29, 1.82) is 0 Å². The van der Waals surface area contributed by atoms with Crippen LogP contribution >= 0.6 is 0 Å². The van der Waals surface area contributed by atoms with Crippen LogP contribution in [0.15, 0.2) is 18.2 Å². The molecule has 0 bridgehead atoms. The number of nitrogens with zero attached hydrogens (tertiary/aromatic N) is 1. The Bertz CT molecular complexity index is 438. The number of benzene rings is 1. The number of carbonyl (C=O) groups is 1. The van der Waals surface area contributed by atoms with E-state index in [1.165, 1.54) is 12.8 Å². The summed E-state index contributed by atoms with van der Waals surface area (Å²) in [5, 5.41) is 0. The summed E-state index contributed by atoms with van der Waals surface area (Å²) >= 11 is 0. The maximum atomic E-state index is 12.3. The molecular formula is C15H21NO2. The molecular weight excluding hydrogens is 226 g/mol. The normalized spacial score (nSPS) is 14.9. The molecule has 1 fully saturated rings. The van der Waals surface area contributed by atoms with Crippen molar-refractivity contribution in [3.05, 3.63) is 29.3 Å². The first-order valence-electron chi connectivity index (χ1n) is 6.57. The summed E-state index contributed by atoms with van der Waals surface area (Å²) in [5.41, 5.74) is 1.81. The predicted octanol–water partition coefficient (Wildman–Crippen LogP) is 2.67. The summed E-state index contributed by atoms with van der Waals surface area (Å²) in [6.07, 6.45) is 2.46. The number of hydrogen-bond acceptors (Lipinski definition) is 3. The van der Waals surface area contributed by atoms with E-state index < -0.39 is 0 Å². The molecule has 18 heavy (non-hydrogen) atoms. The highest BCUT2D eigenvalue weighted by atomic mass is 16.5. The number of ketones is 1. The summed E-state index contributed by atoms with van der Waals surface area (Å²) in [4.78, 5) is 14.6. The molecule has 98 valence electrons. The van der Waals surface area contributed by atoms with E-state index in [2.05, 4.69) is 11.8 Å². The van der Waals surface area contributed by atoms with E-state index in [9.17, 15) is 4.79 Å². The molecule has 0 spiro atoms. The quantitative estimate of drug-likeness (QED) is 0.724. The molecule has 1 aliphatic rings. The predicted molar refractivity (Wildman–Crippen MR) is 72.3 cm³/mol. The molecule has 1 aromatic carbocycles. The fourth-order valence-corrected chi connectivity index (χ4v) is 2.24. The third kappa shape index (κ3) is 2.91. The highest BCUT2D eigenvalue weighted by Crippen LogP contribution is 2.27. The molecule has 0 amide bonds. The highest BCUT2D eigenvalue weighted by Gasteiger charge is 2.29. The Morgan fingerprint density at radius 1 is 1.44 bits per heavy atom. The average molecular weight is 247 g/mol. The molecule has 1 aliphatic carbocycles. The van der Waals surface area contributed by atoms with Crippen molar-refractivity contribution < 1.29 is 9.53 Å². The molecule has 0 aliphatic heterocycles. The van der Waals surface area contributed by atoms with Crippen molar-refractivity contribution in [2.75, 3.05) is 20.2 Å². The van der Waals surface area contributed by atoms with Crippen molar-refractivity contribution in [1.82, 2.24) is 4.90 Å². The van der Waals surface area contributed by atoms with E-state index in [0.717, 1.165) is 12.1 Å². The molecule has 2 rings (SSSR count). The van der Waals surface area contributed by atoms with Gasteiger partial charge in [0.2, 0.25) is 0 Å². The zero-order chi connectivity index (χ0) is 13.1. The van der Waals surface area contributed by atoms with Crippen molar-refractivity contribution >= 4 is 5.78 Å². The van der Waals surface area contributed by atoms with Gasteiger partial charge >= 0.3 is 0 Å². The number of aryl methyl sites for hydroxylation is 1. The SMILES string of the molecule is CCN(CC(=O)c1ccc(C)cc1OC)C1CC1. The Morgan fingerprint density at radius 3 is 2.72 bits per heavy atom. The van der Waals surface area contributed by atoms with Crippen LogP contribution in [0, 0.1) is 6.92 Å². The lowest BCUT2D eigenvalue weighted by atomic mass is 10.1. The van der Waals surface area contributed by atoms with Gasteiger partial charge in [0.25, 0.3) is 0 Å². The fraction of sp³-hybridized carbons (Fsp3) is 0.533. The molecule has 0 N–H and O–H groups in total. The maximum absolute atomic E-state index is 12.3. The fourth-order valence-electron chi connectivity index (χ4n) is 2.24. The third-order valence-corrected chi connectivity index (χ3v) is 3.47. The van der Waals surface area contributed by atoms with Crippen molar-refractivity contribution in [2.45, 2.75) is 32.7 Å². The van der Waals surface area contributed by atoms with Gasteiger partial charge in [0.05, 0.1) is 19.2 Å². The molecule has 0 heterocycles. The molecule has 3 nitrogen and oxygen atoms in total. The smallest absolute Gasteiger partial charge is 0.180 e. The first kappa shape index (κ1) is 13.1. The van der Waals surface area contributed by atoms with Crippen molar-refractivity contribution in [3.8, 4) is 5.75 Å². The van der Waals surface area contributed by atoms with Gasteiger partial charge in [-0.05, 0) is 44.0 Å². The molecule has 1 saturated carbocycles. The number of methoxy groups -OCH3 is 1. The Kier molecular flexibility index (Phi) is 4.02. The maximum Gasteiger partial charge on any atom is 0.180 e. The van der Waals surface area contributed by atoms with Crippen LogP contribution in [0.5, 0.6) is 5.75 Å². The van der Waals surface area contributed by atoms with Crippen LogP contribution in [0.2, 0.25) is 0 Å². The molecule has 0 radical (unpaired) electrons. The Labute approximate surface area is 109 Å². The van der Waals surface area contributed by atoms with Gasteiger partial charge < -0.3 is 4.74 Å². The number of ether oxygens (including phenoxy) is 1. The van der Waals surface area contributed by atoms with E-state index in [-0.39, 0.29) is 5.78 Å². The van der Waals surface area contributed by atoms with Crippen molar-refractivity contribution in [2.24, 2.45) is 0 Å². The molecule has 0 atom stereocenters. The van der Waals surface area contributed by atoms with Crippen molar-refractivity contribution in [3.63, 3.8) is 0 Å². The van der Waals surface area contributed by atoms with Gasteiger partial charge in [0.15, 0.2) is 5.78 Å². The Morgan fingerprint density at radius 2 is 2.17 bits per heavy atom. The van der Waals surface area contributed by atoms with E-state index in [1.54, 1.807) is 7.11 Å². The van der Waals surface area contributed by atoms with Gasteiger partial charge in [0, 0.05) is 6.04 Å². The van der Waals surface area contributed by atoms with E-state index >= 15 is 0 Å². The van der Waals surface area contributed by atoms with Crippen LogP contribution in [0.25, 0.3) is 0 Å². The first-order valence-corrected chi connectivity index (χ1v) is 6.57. The van der Waals surface area contributed by atoms with Gasteiger partial charge in [0.1, 0.15) is 5.75 Å². The molecule has 1 aromatic rings. The number of Topliss-reactive ketones (excluding diaryl/α,β-unsaturated/α-hetero) is 1. The minimum absolute atomic E-state index is 0.153. The molecule has 3 heteroatoms. The summed E-state index contributed by atoms with van der Waals surface area (Å²) < 4.78 is 5.30. The van der Waals surface area contributed by atoms with Gasteiger partial charge in [-0.2, -0.15) is 0 Å². The summed E-state index contributed by atoms with van der Waals surface area (Å²) in [7, 11) is 1.62. The van der Waals surface area contributed by atoms with Gasteiger partial charge in [-0.15, -0.1) is 0 Å². The third-order valence-electron chi connectivity index (χ3n) is 3.47. The first-order chi connectivity index (χ1) is 8.65. The molecule has 0 aromatic heterocycles. The lowest BCUT2D eigenvalue weighted by Crippen LogP contribution is -2.31. The second kappa shape index (κ2) is 5.53. The summed E-state index contributed by atoms with van der Waals surface area (Å²) in [6, 6.07) is 6.37. The topological polar surface area (TPSA) is 29.5 Å². The van der Waals surface area contributed by atoms with Gasteiger partial charge in [-0.1, -0.05) is 13.0 Å². The van der Waals surface area contributed by atoms with Gasteiger partial charge in [-0.3, -0.25) is 9.69 Å². The van der Waals surface area contributed by atoms with Crippen LogP contribution in [0.4, 0.5) is 0 Å². The average Bonchev–Trinajstić information content (AvgIpc) is 3.19. The van der Waals surface area contributed by atoms with Crippen LogP contribution in [0.1, 0.15) is 35.7 Å². The summed E-state index contributed by atoms with van der Waals surface area (Å²) in [6.45, 7) is 5.54. The highest BCUT2D eigenvalue weighted by molar-refractivity contribution is 6.00. The van der Waals surface area contributed by atoms with Crippen LogP contribution in [-0.2, 0) is 0 Å². The van der Waals surface area contributed by atoms with E-state index in [4.69, 9.17) is 4.74 Å². The second-order valence-electron chi connectivity index (χ2n) is 4.92. The Balaban J connectivity index is 2.12. The lowest BCUT2D eigenvalue weighted by molar-refractivity contribution is 0.0925. The van der Waals surface area contributed by atoms with Gasteiger partial charge in [-0.25, -0.2) is 0 Å². The number of hydrogen-bond donors (Lipinski definition) is 0. The monoisotopic (exact) mass is 247 g/mol. The number of likely N-dealkylation sites (N-methyl/N-ethyl adjacent to an activating group) is 1. The van der Waals surface area contributed by atoms with Crippen LogP contribution in [0.3, 0.4) is 0 Å². The lowest BCUT2D eigenvalue weighted by Gasteiger charge is -2.19. The largest absolute Gasteiger partial charge is 0.496 e. The van der Waals surface area contributed by atoms with E-state index in [0.29, 0.717) is 23.9 Å². The van der Waals surface area contributed by atoms with Crippen LogP contribution in [-0.4, -0.2) is 36.9 Å². The number of rotatable bonds is 6. The zero-order valence-electron chi connectivity index (χ0n) is 11.4. The second-order valence-corrected chi connectivity index (χ2v) is 4.92. The standard InChI is InChI=1S/C15H21NO2/c1-4-16(12-6-7-12)10-14(17)13-8-5-11(2)9-15(13)18-3/h5,8-9,12H,4,6-7,10H2,1-3H3. The van der Waals surface area contributed by atoms with E-state index in [1.807, 2.05) is 25.1 Å². The summed E-state index contributed by atoms with van der Waals surface area (Å²) in [5.74, 6) is 0.840. The van der Waals surface area contributed by atoms with Crippen LogP contribution < -0.4 is 4.74 Å². The molecule has 0 unspecified atom stereocenters. The minimum atomic E-state index is 0.153.